The van der Waals surface area contributed by atoms with Crippen LogP contribution in [0.1, 0.15) is 24.2 Å². The van der Waals surface area contributed by atoms with E-state index in [2.05, 4.69) is 20.8 Å². The first-order valence-corrected chi connectivity index (χ1v) is 9.83. The van der Waals surface area contributed by atoms with Crippen molar-refractivity contribution in [1.29, 1.82) is 0 Å². The third kappa shape index (κ3) is 4.80. The molecule has 0 aliphatic carbocycles. The predicted octanol–water partition coefficient (Wildman–Crippen LogP) is 4.13. The number of H-pyrrole nitrogens is 1. The van der Waals surface area contributed by atoms with Crippen molar-refractivity contribution >= 4 is 29.2 Å². The largest absolute Gasteiger partial charge is 0.496 e. The minimum absolute atomic E-state index is 0.149. The molecule has 0 aliphatic heterocycles. The van der Waals surface area contributed by atoms with Crippen LogP contribution in [-0.2, 0) is 4.79 Å². The van der Waals surface area contributed by atoms with Crippen LogP contribution < -0.4 is 15.4 Å². The number of rotatable bonds is 7. The first-order chi connectivity index (χ1) is 14.4. The molecule has 30 heavy (non-hydrogen) atoms. The number of para-hydroxylation sites is 1. The van der Waals surface area contributed by atoms with Gasteiger partial charge < -0.3 is 15.4 Å². The van der Waals surface area contributed by atoms with E-state index in [1.54, 1.807) is 37.4 Å². The predicted molar refractivity (Wildman–Crippen MR) is 117 cm³/mol. The lowest BCUT2D eigenvalue weighted by molar-refractivity contribution is -0.118. The summed E-state index contributed by atoms with van der Waals surface area (Å²) in [6, 6.07) is 15.1. The Morgan fingerprint density at radius 3 is 2.50 bits per heavy atom. The maximum atomic E-state index is 12.8. The van der Waals surface area contributed by atoms with Crippen molar-refractivity contribution in [2.75, 3.05) is 12.4 Å². The SMILES string of the molecule is COc1ccccc1-c1cc(NC(=O)C(NC(=O)c2ccccc2Cl)C(C)C)n[nH]1. The average Bonchev–Trinajstić information content (AvgIpc) is 3.20. The molecular weight excluding hydrogens is 404 g/mol. The van der Waals surface area contributed by atoms with E-state index < -0.39 is 11.9 Å². The number of nitrogens with zero attached hydrogens (tertiary/aromatic N) is 1. The van der Waals surface area contributed by atoms with Crippen molar-refractivity contribution in [1.82, 2.24) is 15.5 Å². The second-order valence-corrected chi connectivity index (χ2v) is 7.44. The molecule has 1 aromatic heterocycles. The lowest BCUT2D eigenvalue weighted by Gasteiger charge is -2.21. The number of amides is 2. The zero-order valence-electron chi connectivity index (χ0n) is 16.9. The highest BCUT2D eigenvalue weighted by molar-refractivity contribution is 6.33. The van der Waals surface area contributed by atoms with Gasteiger partial charge in [0.05, 0.1) is 23.4 Å². The van der Waals surface area contributed by atoms with Crippen molar-refractivity contribution in [2.45, 2.75) is 19.9 Å². The maximum Gasteiger partial charge on any atom is 0.253 e. The van der Waals surface area contributed by atoms with E-state index in [1.807, 2.05) is 38.1 Å². The molecule has 3 rings (SSSR count). The number of nitrogens with one attached hydrogen (secondary N) is 3. The van der Waals surface area contributed by atoms with Gasteiger partial charge in [-0.25, -0.2) is 0 Å². The number of carbonyl (C=O) groups excluding carboxylic acids is 2. The molecule has 3 aromatic rings. The van der Waals surface area contributed by atoms with Gasteiger partial charge in [0.2, 0.25) is 5.91 Å². The monoisotopic (exact) mass is 426 g/mol. The molecule has 0 spiro atoms. The Kier molecular flexibility index (Phi) is 6.74. The zero-order chi connectivity index (χ0) is 21.7. The summed E-state index contributed by atoms with van der Waals surface area (Å²) < 4.78 is 5.36. The van der Waals surface area contributed by atoms with Crippen molar-refractivity contribution in [2.24, 2.45) is 5.92 Å². The van der Waals surface area contributed by atoms with Crippen molar-refractivity contribution in [3.8, 4) is 17.0 Å². The summed E-state index contributed by atoms with van der Waals surface area (Å²) in [6.07, 6.45) is 0. The second-order valence-electron chi connectivity index (χ2n) is 7.03. The third-order valence-corrected chi connectivity index (χ3v) is 4.91. The fourth-order valence-corrected chi connectivity index (χ4v) is 3.22. The van der Waals surface area contributed by atoms with Gasteiger partial charge in [-0.2, -0.15) is 5.10 Å². The van der Waals surface area contributed by atoms with E-state index >= 15 is 0 Å². The molecule has 0 bridgehead atoms. The highest BCUT2D eigenvalue weighted by Gasteiger charge is 2.26. The van der Waals surface area contributed by atoms with Crippen LogP contribution >= 0.6 is 11.6 Å². The standard InChI is InChI=1S/C22H23ClN4O3/c1-13(2)20(25-21(28)14-8-4-6-10-16(14)23)22(29)24-19-12-17(26-27-19)15-9-5-7-11-18(15)30-3/h4-13,20H,1-3H3,(H,25,28)(H2,24,26,27,29). The van der Waals surface area contributed by atoms with Crippen LogP contribution in [-0.4, -0.2) is 35.2 Å². The molecule has 2 amide bonds. The topological polar surface area (TPSA) is 96.1 Å². The second kappa shape index (κ2) is 9.45. The molecule has 7 nitrogen and oxygen atoms in total. The van der Waals surface area contributed by atoms with E-state index in [1.165, 1.54) is 0 Å². The smallest absolute Gasteiger partial charge is 0.253 e. The summed E-state index contributed by atoms with van der Waals surface area (Å²) in [5.41, 5.74) is 1.83. The van der Waals surface area contributed by atoms with Gasteiger partial charge in [-0.3, -0.25) is 14.7 Å². The van der Waals surface area contributed by atoms with E-state index in [0.29, 0.717) is 27.8 Å². The third-order valence-electron chi connectivity index (χ3n) is 4.58. The van der Waals surface area contributed by atoms with Gasteiger partial charge in [0.25, 0.3) is 5.91 Å². The van der Waals surface area contributed by atoms with E-state index in [-0.39, 0.29) is 11.8 Å². The number of hydrogen-bond acceptors (Lipinski definition) is 4. The number of carbonyl (C=O) groups is 2. The molecule has 0 saturated heterocycles. The van der Waals surface area contributed by atoms with Gasteiger partial charge in [0.1, 0.15) is 11.8 Å². The van der Waals surface area contributed by atoms with Crippen molar-refractivity contribution < 1.29 is 14.3 Å². The Hall–Kier alpha value is -3.32. The number of aromatic nitrogens is 2. The van der Waals surface area contributed by atoms with Crippen LogP contribution in [0.5, 0.6) is 5.75 Å². The molecule has 3 N–H and O–H groups in total. The van der Waals surface area contributed by atoms with Crippen molar-refractivity contribution in [3.05, 3.63) is 65.2 Å². The van der Waals surface area contributed by atoms with Gasteiger partial charge >= 0.3 is 0 Å². The van der Waals surface area contributed by atoms with Gasteiger partial charge in [-0.05, 0) is 30.2 Å². The van der Waals surface area contributed by atoms with Crippen LogP contribution in [0.25, 0.3) is 11.3 Å². The number of aromatic amines is 1. The average molecular weight is 427 g/mol. The Labute approximate surface area is 179 Å². The molecule has 0 saturated carbocycles. The zero-order valence-corrected chi connectivity index (χ0v) is 17.7. The van der Waals surface area contributed by atoms with E-state index in [0.717, 1.165) is 5.56 Å². The van der Waals surface area contributed by atoms with Gasteiger partial charge in [0, 0.05) is 11.6 Å². The number of benzene rings is 2. The van der Waals surface area contributed by atoms with E-state index in [9.17, 15) is 9.59 Å². The van der Waals surface area contributed by atoms with Gasteiger partial charge in [-0.1, -0.05) is 49.7 Å². The summed E-state index contributed by atoms with van der Waals surface area (Å²) in [5.74, 6) is 0.100. The van der Waals surface area contributed by atoms with Crippen LogP contribution in [0.15, 0.2) is 54.6 Å². The van der Waals surface area contributed by atoms with Gasteiger partial charge in [0.15, 0.2) is 5.82 Å². The number of halogens is 1. The summed E-state index contributed by atoms with van der Waals surface area (Å²) in [4.78, 5) is 25.4. The molecule has 1 unspecified atom stereocenters. The highest BCUT2D eigenvalue weighted by Crippen LogP contribution is 2.29. The lowest BCUT2D eigenvalue weighted by atomic mass is 10.0. The van der Waals surface area contributed by atoms with Crippen LogP contribution in [0.4, 0.5) is 5.82 Å². The fraction of sp³-hybridized carbons (Fsp3) is 0.227. The maximum absolute atomic E-state index is 12.8. The Balaban J connectivity index is 1.74. The molecule has 1 heterocycles. The van der Waals surface area contributed by atoms with Crippen LogP contribution in [0.2, 0.25) is 5.02 Å². The first kappa shape index (κ1) is 21.4. The fourth-order valence-electron chi connectivity index (χ4n) is 2.99. The Morgan fingerprint density at radius 1 is 1.10 bits per heavy atom. The Morgan fingerprint density at radius 2 is 1.80 bits per heavy atom. The van der Waals surface area contributed by atoms with Crippen LogP contribution in [0, 0.1) is 5.92 Å². The summed E-state index contributed by atoms with van der Waals surface area (Å²) >= 11 is 6.09. The van der Waals surface area contributed by atoms with E-state index in [4.69, 9.17) is 16.3 Å². The molecular formula is C22H23ClN4O3. The van der Waals surface area contributed by atoms with Gasteiger partial charge in [-0.15, -0.1) is 0 Å². The first-order valence-electron chi connectivity index (χ1n) is 9.45. The van der Waals surface area contributed by atoms with Crippen LogP contribution in [0.3, 0.4) is 0 Å². The molecule has 8 heteroatoms. The molecule has 0 radical (unpaired) electrons. The summed E-state index contributed by atoms with van der Waals surface area (Å²) in [7, 11) is 1.59. The van der Waals surface area contributed by atoms with Crippen molar-refractivity contribution in [3.63, 3.8) is 0 Å². The summed E-state index contributed by atoms with van der Waals surface area (Å²) in [6.45, 7) is 3.70. The number of anilines is 1. The minimum atomic E-state index is -0.764. The molecule has 156 valence electrons. The normalized spacial score (nSPS) is 11.8. The molecule has 2 aromatic carbocycles. The summed E-state index contributed by atoms with van der Waals surface area (Å²) in [5, 5.41) is 12.9. The lowest BCUT2D eigenvalue weighted by Crippen LogP contribution is -2.47. The highest BCUT2D eigenvalue weighted by atomic mass is 35.5. The number of methoxy groups -OCH3 is 1. The quantitative estimate of drug-likeness (QED) is 0.529. The minimum Gasteiger partial charge on any atom is -0.496 e. The number of ether oxygens (including phenoxy) is 1. The molecule has 0 fully saturated rings. The molecule has 1 atom stereocenters. The Bertz CT molecular complexity index is 1050. The molecule has 0 aliphatic rings. The number of hydrogen-bond donors (Lipinski definition) is 3.